The van der Waals surface area contributed by atoms with Crippen LogP contribution in [-0.4, -0.2) is 20.7 Å². The molecule has 1 amide bonds. The zero-order valence-corrected chi connectivity index (χ0v) is 20.0. The molecule has 0 aliphatic heterocycles. The van der Waals surface area contributed by atoms with Crippen LogP contribution in [0.1, 0.15) is 27.2 Å². The van der Waals surface area contributed by atoms with Crippen LogP contribution in [0.5, 0.6) is 5.75 Å². The van der Waals surface area contributed by atoms with E-state index in [1.54, 1.807) is 28.3 Å². The first-order valence-corrected chi connectivity index (χ1v) is 11.8. The van der Waals surface area contributed by atoms with Crippen molar-refractivity contribution in [2.75, 3.05) is 5.32 Å². The van der Waals surface area contributed by atoms with E-state index in [0.717, 1.165) is 27.4 Å². The highest BCUT2D eigenvalue weighted by molar-refractivity contribution is 7.21. The van der Waals surface area contributed by atoms with Gasteiger partial charge in [0, 0.05) is 17.4 Å². The molecule has 0 aliphatic carbocycles. The van der Waals surface area contributed by atoms with Gasteiger partial charge in [-0.1, -0.05) is 23.8 Å². The maximum absolute atomic E-state index is 12.7. The molecule has 6 nitrogen and oxygen atoms in total. The molecule has 170 valence electrons. The summed E-state index contributed by atoms with van der Waals surface area (Å²) in [5.74, 6) is 0.531. The lowest BCUT2D eigenvalue weighted by atomic mass is 10.1. The van der Waals surface area contributed by atoms with E-state index in [-0.39, 0.29) is 12.6 Å². The standard InChI is InChI=1S/C27H24N4O2S/c1-17-5-11-24(19(3)14-17)33-16-31-13-12-23(30-31)26(32)28-21-8-6-20(7-9-21)27-29-22-10-4-18(2)15-25(22)34-27/h4-15H,16H2,1-3H3,(H,28,32). The van der Waals surface area contributed by atoms with Crippen molar-refractivity contribution < 1.29 is 9.53 Å². The molecule has 3 aromatic carbocycles. The summed E-state index contributed by atoms with van der Waals surface area (Å²) in [5.41, 5.74) is 6.52. The van der Waals surface area contributed by atoms with Gasteiger partial charge in [0.05, 0.1) is 10.2 Å². The number of aryl methyl sites for hydroxylation is 3. The van der Waals surface area contributed by atoms with Crippen LogP contribution in [0.2, 0.25) is 0 Å². The highest BCUT2D eigenvalue weighted by atomic mass is 32.1. The molecule has 0 unspecified atom stereocenters. The second-order valence-electron chi connectivity index (χ2n) is 8.30. The molecule has 5 rings (SSSR count). The molecular weight excluding hydrogens is 444 g/mol. The summed E-state index contributed by atoms with van der Waals surface area (Å²) >= 11 is 1.67. The number of amides is 1. The van der Waals surface area contributed by atoms with Gasteiger partial charge in [0.25, 0.3) is 5.91 Å². The number of nitrogens with zero attached hydrogens (tertiary/aromatic N) is 3. The number of hydrogen-bond donors (Lipinski definition) is 1. The normalized spacial score (nSPS) is 11.0. The molecule has 0 bridgehead atoms. The van der Waals surface area contributed by atoms with Crippen molar-refractivity contribution in [2.24, 2.45) is 0 Å². The smallest absolute Gasteiger partial charge is 0.276 e. The molecule has 2 heterocycles. The predicted molar refractivity (Wildman–Crippen MR) is 137 cm³/mol. The summed E-state index contributed by atoms with van der Waals surface area (Å²) in [6.07, 6.45) is 1.73. The number of carbonyl (C=O) groups is 1. The molecule has 5 aromatic rings. The van der Waals surface area contributed by atoms with Crippen molar-refractivity contribution >= 4 is 33.1 Å². The molecule has 34 heavy (non-hydrogen) atoms. The van der Waals surface area contributed by atoms with Crippen LogP contribution in [-0.2, 0) is 6.73 Å². The van der Waals surface area contributed by atoms with Crippen LogP contribution < -0.4 is 10.1 Å². The fourth-order valence-corrected chi connectivity index (χ4v) is 4.77. The van der Waals surface area contributed by atoms with Gasteiger partial charge in [-0.2, -0.15) is 5.10 Å². The van der Waals surface area contributed by atoms with Gasteiger partial charge in [-0.15, -0.1) is 11.3 Å². The first-order valence-electron chi connectivity index (χ1n) is 11.0. The Morgan fingerprint density at radius 1 is 0.971 bits per heavy atom. The Hall–Kier alpha value is -3.97. The van der Waals surface area contributed by atoms with E-state index >= 15 is 0 Å². The second kappa shape index (κ2) is 9.11. The van der Waals surface area contributed by atoms with E-state index in [1.165, 1.54) is 15.8 Å². The minimum absolute atomic E-state index is 0.230. The van der Waals surface area contributed by atoms with Crippen LogP contribution in [0.15, 0.2) is 72.9 Å². The van der Waals surface area contributed by atoms with Crippen molar-refractivity contribution in [3.8, 4) is 16.3 Å². The van der Waals surface area contributed by atoms with Gasteiger partial charge in [-0.05, 0) is 80.4 Å². The highest BCUT2D eigenvalue weighted by Gasteiger charge is 2.12. The topological polar surface area (TPSA) is 69.0 Å². The average Bonchev–Trinajstić information content (AvgIpc) is 3.46. The number of hydrogen-bond acceptors (Lipinski definition) is 5. The van der Waals surface area contributed by atoms with Gasteiger partial charge in [0.2, 0.25) is 0 Å². The molecule has 0 saturated heterocycles. The molecule has 0 fully saturated rings. The zero-order chi connectivity index (χ0) is 23.7. The average molecular weight is 469 g/mol. The van der Waals surface area contributed by atoms with Gasteiger partial charge in [-0.3, -0.25) is 4.79 Å². The fourth-order valence-electron chi connectivity index (χ4n) is 3.70. The number of ether oxygens (including phenoxy) is 1. The van der Waals surface area contributed by atoms with Crippen LogP contribution in [0.3, 0.4) is 0 Å². The molecular formula is C27H24N4O2S. The summed E-state index contributed by atoms with van der Waals surface area (Å²) in [5, 5.41) is 8.20. The quantitative estimate of drug-likeness (QED) is 0.314. The van der Waals surface area contributed by atoms with Crippen LogP contribution in [0.25, 0.3) is 20.8 Å². The number of fused-ring (bicyclic) bond motifs is 1. The number of nitrogens with one attached hydrogen (secondary N) is 1. The lowest BCUT2D eigenvalue weighted by Crippen LogP contribution is -2.14. The zero-order valence-electron chi connectivity index (χ0n) is 19.2. The highest BCUT2D eigenvalue weighted by Crippen LogP contribution is 2.31. The van der Waals surface area contributed by atoms with E-state index < -0.39 is 0 Å². The Kier molecular flexibility index (Phi) is 5.86. The second-order valence-corrected chi connectivity index (χ2v) is 9.34. The van der Waals surface area contributed by atoms with E-state index in [1.807, 2.05) is 56.3 Å². The van der Waals surface area contributed by atoms with Gasteiger partial charge in [-0.25, -0.2) is 9.67 Å². The number of thiazole rings is 1. The number of aromatic nitrogens is 3. The van der Waals surface area contributed by atoms with Gasteiger partial charge in [0.15, 0.2) is 12.4 Å². The van der Waals surface area contributed by atoms with Gasteiger partial charge >= 0.3 is 0 Å². The van der Waals surface area contributed by atoms with Crippen LogP contribution >= 0.6 is 11.3 Å². The molecule has 0 radical (unpaired) electrons. The Balaban J connectivity index is 1.22. The Labute approximate surface area is 201 Å². The van der Waals surface area contributed by atoms with Gasteiger partial charge < -0.3 is 10.1 Å². The van der Waals surface area contributed by atoms with Crippen molar-refractivity contribution in [3.05, 3.63) is 95.3 Å². The summed E-state index contributed by atoms with van der Waals surface area (Å²) in [6.45, 7) is 6.36. The molecule has 0 spiro atoms. The number of benzene rings is 3. The van der Waals surface area contributed by atoms with Crippen molar-refractivity contribution in [2.45, 2.75) is 27.5 Å². The first kappa shape index (κ1) is 21.9. The predicted octanol–water partition coefficient (Wildman–Crippen LogP) is 6.37. The van der Waals surface area contributed by atoms with E-state index in [0.29, 0.717) is 11.4 Å². The maximum Gasteiger partial charge on any atom is 0.276 e. The number of anilines is 1. The van der Waals surface area contributed by atoms with E-state index in [2.05, 4.69) is 35.5 Å². The molecule has 2 aromatic heterocycles. The monoisotopic (exact) mass is 468 g/mol. The van der Waals surface area contributed by atoms with Crippen molar-refractivity contribution in [1.29, 1.82) is 0 Å². The summed E-state index contributed by atoms with van der Waals surface area (Å²) in [6, 6.07) is 21.7. The van der Waals surface area contributed by atoms with E-state index in [4.69, 9.17) is 9.72 Å². The molecule has 1 N–H and O–H groups in total. The molecule has 0 atom stereocenters. The first-order chi connectivity index (χ1) is 16.4. The molecule has 0 aliphatic rings. The maximum atomic E-state index is 12.7. The number of rotatable bonds is 6. The minimum Gasteiger partial charge on any atom is -0.471 e. The lowest BCUT2D eigenvalue weighted by Gasteiger charge is -2.09. The Morgan fingerprint density at radius 2 is 1.74 bits per heavy atom. The van der Waals surface area contributed by atoms with Crippen molar-refractivity contribution in [3.63, 3.8) is 0 Å². The van der Waals surface area contributed by atoms with Crippen molar-refractivity contribution in [1.82, 2.24) is 14.8 Å². The Bertz CT molecular complexity index is 1480. The lowest BCUT2D eigenvalue weighted by molar-refractivity contribution is 0.102. The fraction of sp³-hybridized carbons (Fsp3) is 0.148. The third kappa shape index (κ3) is 4.70. The van der Waals surface area contributed by atoms with Crippen LogP contribution in [0, 0.1) is 20.8 Å². The SMILES string of the molecule is Cc1ccc(OCn2ccc(C(=O)Nc3ccc(-c4nc5ccc(C)cc5s4)cc3)n2)c(C)c1. The summed E-state index contributed by atoms with van der Waals surface area (Å²) in [4.78, 5) is 17.4. The minimum atomic E-state index is -0.270. The molecule has 7 heteroatoms. The van der Waals surface area contributed by atoms with E-state index in [9.17, 15) is 4.79 Å². The third-order valence-corrected chi connectivity index (χ3v) is 6.56. The third-order valence-electron chi connectivity index (χ3n) is 5.49. The summed E-state index contributed by atoms with van der Waals surface area (Å²) in [7, 11) is 0. The number of carbonyl (C=O) groups excluding carboxylic acids is 1. The molecule has 0 saturated carbocycles. The largest absolute Gasteiger partial charge is 0.471 e. The summed E-state index contributed by atoms with van der Waals surface area (Å²) < 4.78 is 8.61. The van der Waals surface area contributed by atoms with Gasteiger partial charge in [0.1, 0.15) is 10.8 Å². The Morgan fingerprint density at radius 3 is 2.53 bits per heavy atom. The van der Waals surface area contributed by atoms with Crippen LogP contribution in [0.4, 0.5) is 5.69 Å².